The second-order valence-corrected chi connectivity index (χ2v) is 4.87. The van der Waals surface area contributed by atoms with Gasteiger partial charge in [0.05, 0.1) is 0 Å². The average Bonchev–Trinajstić information content (AvgIpc) is 2.50. The summed E-state index contributed by atoms with van der Waals surface area (Å²) in [5.74, 6) is -0.0395. The van der Waals surface area contributed by atoms with E-state index in [0.717, 1.165) is 25.2 Å². The van der Waals surface area contributed by atoms with E-state index >= 15 is 0 Å². The van der Waals surface area contributed by atoms with Gasteiger partial charge in [-0.05, 0) is 54.9 Å². The third kappa shape index (κ3) is 4.61. The standard InChI is InChI=1S/C17H20N2O2/c1-2-11-18-12-13-3-7-15(8-4-13)19-17(21)14-5-9-16(20)10-6-14/h3-10,18,20H,2,11-12H2,1H3,(H,19,21). The van der Waals surface area contributed by atoms with Crippen molar-refractivity contribution >= 4 is 11.6 Å². The van der Waals surface area contributed by atoms with E-state index in [0.29, 0.717) is 5.56 Å². The van der Waals surface area contributed by atoms with Crippen molar-refractivity contribution in [2.24, 2.45) is 0 Å². The summed E-state index contributed by atoms with van der Waals surface area (Å²) in [5.41, 5.74) is 2.46. The first-order valence-corrected chi connectivity index (χ1v) is 7.09. The number of benzene rings is 2. The largest absolute Gasteiger partial charge is 0.508 e. The Labute approximate surface area is 124 Å². The van der Waals surface area contributed by atoms with Gasteiger partial charge < -0.3 is 15.7 Å². The zero-order chi connectivity index (χ0) is 15.1. The van der Waals surface area contributed by atoms with E-state index in [1.54, 1.807) is 12.1 Å². The Kier molecular flexibility index (Phi) is 5.35. The molecule has 2 aromatic rings. The highest BCUT2D eigenvalue weighted by molar-refractivity contribution is 6.04. The second kappa shape index (κ2) is 7.45. The highest BCUT2D eigenvalue weighted by Crippen LogP contribution is 2.13. The summed E-state index contributed by atoms with van der Waals surface area (Å²) >= 11 is 0. The van der Waals surface area contributed by atoms with Gasteiger partial charge in [-0.3, -0.25) is 4.79 Å². The first-order valence-electron chi connectivity index (χ1n) is 7.09. The number of rotatable bonds is 6. The van der Waals surface area contributed by atoms with Crippen LogP contribution >= 0.6 is 0 Å². The van der Waals surface area contributed by atoms with Gasteiger partial charge >= 0.3 is 0 Å². The van der Waals surface area contributed by atoms with Crippen molar-refractivity contribution in [1.29, 1.82) is 0 Å². The van der Waals surface area contributed by atoms with Gasteiger partial charge in [0.2, 0.25) is 0 Å². The number of phenolic OH excluding ortho intramolecular Hbond substituents is 1. The smallest absolute Gasteiger partial charge is 0.255 e. The van der Waals surface area contributed by atoms with Crippen LogP contribution in [0.15, 0.2) is 48.5 Å². The molecule has 3 N–H and O–H groups in total. The Morgan fingerprint density at radius 3 is 2.33 bits per heavy atom. The third-order valence-electron chi connectivity index (χ3n) is 3.10. The molecule has 0 saturated heterocycles. The van der Waals surface area contributed by atoms with Crippen LogP contribution in [0.25, 0.3) is 0 Å². The minimum atomic E-state index is -0.188. The summed E-state index contributed by atoms with van der Waals surface area (Å²) in [6, 6.07) is 13.9. The normalized spacial score (nSPS) is 10.3. The van der Waals surface area contributed by atoms with Gasteiger partial charge in [0.25, 0.3) is 5.91 Å². The minimum Gasteiger partial charge on any atom is -0.508 e. The summed E-state index contributed by atoms with van der Waals surface area (Å²) in [7, 11) is 0. The highest BCUT2D eigenvalue weighted by atomic mass is 16.3. The van der Waals surface area contributed by atoms with Crippen molar-refractivity contribution < 1.29 is 9.90 Å². The summed E-state index contributed by atoms with van der Waals surface area (Å²) in [5, 5.41) is 15.4. The molecule has 0 atom stereocenters. The number of phenols is 1. The maximum Gasteiger partial charge on any atom is 0.255 e. The molecule has 21 heavy (non-hydrogen) atoms. The van der Waals surface area contributed by atoms with Crippen LogP contribution in [0.5, 0.6) is 5.75 Å². The summed E-state index contributed by atoms with van der Waals surface area (Å²) < 4.78 is 0. The molecule has 0 heterocycles. The summed E-state index contributed by atoms with van der Waals surface area (Å²) in [6.07, 6.45) is 1.11. The Bertz CT molecular complexity index is 577. The predicted molar refractivity (Wildman–Crippen MR) is 84.5 cm³/mol. The molecule has 0 bridgehead atoms. The molecule has 0 fully saturated rings. The van der Waals surface area contributed by atoms with Crippen LogP contribution in [0.2, 0.25) is 0 Å². The van der Waals surface area contributed by atoms with E-state index in [1.165, 1.54) is 17.7 Å². The maximum absolute atomic E-state index is 12.0. The van der Waals surface area contributed by atoms with E-state index in [-0.39, 0.29) is 11.7 Å². The molecule has 110 valence electrons. The zero-order valence-corrected chi connectivity index (χ0v) is 12.1. The van der Waals surface area contributed by atoms with Crippen molar-refractivity contribution in [3.05, 3.63) is 59.7 Å². The molecule has 0 aliphatic carbocycles. The number of carbonyl (C=O) groups excluding carboxylic acids is 1. The molecule has 0 radical (unpaired) electrons. The van der Waals surface area contributed by atoms with E-state index in [4.69, 9.17) is 0 Å². The lowest BCUT2D eigenvalue weighted by molar-refractivity contribution is 0.102. The van der Waals surface area contributed by atoms with Gasteiger partial charge in [0.15, 0.2) is 0 Å². The molecule has 0 aliphatic rings. The van der Waals surface area contributed by atoms with E-state index in [9.17, 15) is 9.90 Å². The van der Waals surface area contributed by atoms with Crippen molar-refractivity contribution in [2.75, 3.05) is 11.9 Å². The molecular weight excluding hydrogens is 264 g/mol. The number of aromatic hydroxyl groups is 1. The van der Waals surface area contributed by atoms with Crippen molar-refractivity contribution in [3.63, 3.8) is 0 Å². The molecule has 2 rings (SSSR count). The van der Waals surface area contributed by atoms with Crippen LogP contribution in [-0.4, -0.2) is 17.6 Å². The third-order valence-corrected chi connectivity index (χ3v) is 3.10. The minimum absolute atomic E-state index is 0.149. The second-order valence-electron chi connectivity index (χ2n) is 4.87. The first-order chi connectivity index (χ1) is 10.2. The molecular formula is C17H20N2O2. The lowest BCUT2D eigenvalue weighted by Crippen LogP contribution is -2.14. The molecule has 4 heteroatoms. The molecule has 0 aliphatic heterocycles. The Morgan fingerprint density at radius 1 is 1.05 bits per heavy atom. The maximum atomic E-state index is 12.0. The fourth-order valence-electron chi connectivity index (χ4n) is 1.93. The Hall–Kier alpha value is -2.33. The fraction of sp³-hybridized carbons (Fsp3) is 0.235. The van der Waals surface area contributed by atoms with Crippen LogP contribution < -0.4 is 10.6 Å². The van der Waals surface area contributed by atoms with Crippen LogP contribution in [0.3, 0.4) is 0 Å². The Morgan fingerprint density at radius 2 is 1.71 bits per heavy atom. The molecule has 4 nitrogen and oxygen atoms in total. The summed E-state index contributed by atoms with van der Waals surface area (Å²) in [4.78, 5) is 12.0. The van der Waals surface area contributed by atoms with Crippen LogP contribution in [0, 0.1) is 0 Å². The van der Waals surface area contributed by atoms with E-state index in [1.807, 2.05) is 24.3 Å². The van der Waals surface area contributed by atoms with Gasteiger partial charge in [-0.1, -0.05) is 19.1 Å². The van der Waals surface area contributed by atoms with E-state index in [2.05, 4.69) is 17.6 Å². The van der Waals surface area contributed by atoms with Gasteiger partial charge in [-0.25, -0.2) is 0 Å². The predicted octanol–water partition coefficient (Wildman–Crippen LogP) is 3.14. The number of hydrogen-bond donors (Lipinski definition) is 3. The molecule has 0 aromatic heterocycles. The SMILES string of the molecule is CCCNCc1ccc(NC(=O)c2ccc(O)cc2)cc1. The molecule has 1 amide bonds. The number of amides is 1. The monoisotopic (exact) mass is 284 g/mol. The van der Waals surface area contributed by atoms with Gasteiger partial charge in [-0.15, -0.1) is 0 Å². The van der Waals surface area contributed by atoms with E-state index < -0.39 is 0 Å². The van der Waals surface area contributed by atoms with Crippen LogP contribution in [-0.2, 0) is 6.54 Å². The fourth-order valence-corrected chi connectivity index (χ4v) is 1.93. The average molecular weight is 284 g/mol. The number of hydrogen-bond acceptors (Lipinski definition) is 3. The van der Waals surface area contributed by atoms with Crippen molar-refractivity contribution in [3.8, 4) is 5.75 Å². The number of nitrogens with one attached hydrogen (secondary N) is 2. The van der Waals surface area contributed by atoms with Gasteiger partial charge in [-0.2, -0.15) is 0 Å². The van der Waals surface area contributed by atoms with Crippen molar-refractivity contribution in [2.45, 2.75) is 19.9 Å². The molecule has 0 unspecified atom stereocenters. The van der Waals surface area contributed by atoms with Crippen LogP contribution in [0.1, 0.15) is 29.3 Å². The first kappa shape index (κ1) is 15.1. The van der Waals surface area contributed by atoms with Gasteiger partial charge in [0.1, 0.15) is 5.75 Å². The topological polar surface area (TPSA) is 61.4 Å². The lowest BCUT2D eigenvalue weighted by Gasteiger charge is -2.07. The molecule has 0 spiro atoms. The lowest BCUT2D eigenvalue weighted by atomic mass is 10.1. The summed E-state index contributed by atoms with van der Waals surface area (Å²) in [6.45, 7) is 3.97. The number of anilines is 1. The molecule has 2 aromatic carbocycles. The van der Waals surface area contributed by atoms with Crippen LogP contribution in [0.4, 0.5) is 5.69 Å². The quantitative estimate of drug-likeness (QED) is 0.714. The highest BCUT2D eigenvalue weighted by Gasteiger charge is 2.05. The van der Waals surface area contributed by atoms with Crippen molar-refractivity contribution in [1.82, 2.24) is 5.32 Å². The molecule has 0 saturated carbocycles. The number of carbonyl (C=O) groups is 1. The Balaban J connectivity index is 1.93. The van der Waals surface area contributed by atoms with Gasteiger partial charge in [0, 0.05) is 17.8 Å². The zero-order valence-electron chi connectivity index (χ0n) is 12.1.